The molecule has 8 nitrogen and oxygen atoms in total. The van der Waals surface area contributed by atoms with Crippen molar-refractivity contribution in [2.24, 2.45) is 5.10 Å². The second-order valence-electron chi connectivity index (χ2n) is 7.02. The topological polar surface area (TPSA) is 102 Å². The average molecular weight is 494 g/mol. The van der Waals surface area contributed by atoms with Crippen molar-refractivity contribution in [3.05, 3.63) is 83.4 Å². The summed E-state index contributed by atoms with van der Waals surface area (Å²) in [5.41, 5.74) is 4.80. The summed E-state index contributed by atoms with van der Waals surface area (Å²) in [4.78, 5) is 12.3. The van der Waals surface area contributed by atoms with Crippen molar-refractivity contribution in [3.63, 3.8) is 0 Å². The highest BCUT2D eigenvalue weighted by Gasteiger charge is 2.17. The molecule has 0 fully saturated rings. The van der Waals surface area contributed by atoms with E-state index in [0.717, 1.165) is 17.0 Å². The van der Waals surface area contributed by atoms with E-state index in [4.69, 9.17) is 16.3 Å². The van der Waals surface area contributed by atoms with Gasteiger partial charge in [-0.05, 0) is 66.2 Å². The van der Waals surface area contributed by atoms with Crippen molar-refractivity contribution in [2.45, 2.75) is 5.16 Å². The van der Waals surface area contributed by atoms with E-state index in [1.54, 1.807) is 43.5 Å². The number of hydrogen-bond acceptors (Lipinski definition) is 7. The van der Waals surface area contributed by atoms with Crippen LogP contribution >= 0.6 is 23.4 Å². The van der Waals surface area contributed by atoms with E-state index in [1.807, 2.05) is 41.0 Å². The van der Waals surface area contributed by atoms with Crippen LogP contribution in [0.1, 0.15) is 5.56 Å². The van der Waals surface area contributed by atoms with Crippen molar-refractivity contribution in [2.75, 3.05) is 12.9 Å². The normalized spacial score (nSPS) is 11.0. The molecule has 0 atom stereocenters. The minimum absolute atomic E-state index is 0.0751. The molecule has 10 heteroatoms. The van der Waals surface area contributed by atoms with E-state index in [1.165, 1.54) is 18.0 Å². The molecule has 1 heterocycles. The van der Waals surface area contributed by atoms with E-state index in [9.17, 15) is 9.90 Å². The number of rotatable bonds is 8. The van der Waals surface area contributed by atoms with Gasteiger partial charge in [-0.15, -0.1) is 10.2 Å². The van der Waals surface area contributed by atoms with Crippen LogP contribution in [0.3, 0.4) is 0 Å². The monoisotopic (exact) mass is 493 g/mol. The van der Waals surface area contributed by atoms with Gasteiger partial charge >= 0.3 is 0 Å². The zero-order valence-electron chi connectivity index (χ0n) is 18.1. The Kier molecular flexibility index (Phi) is 7.46. The maximum absolute atomic E-state index is 12.3. The number of nitrogens with one attached hydrogen (secondary N) is 1. The molecule has 1 amide bonds. The Morgan fingerprint density at radius 2 is 1.91 bits per heavy atom. The molecule has 4 rings (SSSR count). The highest BCUT2D eigenvalue weighted by Crippen LogP contribution is 2.29. The predicted octanol–water partition coefficient (Wildman–Crippen LogP) is 4.54. The molecule has 0 aliphatic carbocycles. The number of hydrogen-bond donors (Lipinski definition) is 2. The standard InChI is InChI=1S/C24H20ClN5O3S/c1-33-21-11-5-17(6-12-21)23-28-29-24(30(23)19-9-7-18(25)8-10-19)34-15-22(32)27-26-14-16-3-2-4-20(31)13-16/h2-14,31H,15H2,1H3,(H,27,32)/b26-14+. The molecule has 0 saturated heterocycles. The fourth-order valence-electron chi connectivity index (χ4n) is 3.06. The molecular formula is C24H20ClN5O3S. The summed E-state index contributed by atoms with van der Waals surface area (Å²) in [5.74, 6) is 1.25. The molecule has 172 valence electrons. The van der Waals surface area contributed by atoms with Crippen LogP contribution in [0.5, 0.6) is 11.5 Å². The van der Waals surface area contributed by atoms with Crippen LogP contribution in [0.4, 0.5) is 0 Å². The predicted molar refractivity (Wildman–Crippen MR) is 133 cm³/mol. The second kappa shape index (κ2) is 10.9. The first kappa shape index (κ1) is 23.3. The fraction of sp³-hybridized carbons (Fsp3) is 0.0833. The number of methoxy groups -OCH3 is 1. The first-order chi connectivity index (χ1) is 16.5. The number of aromatic hydroxyl groups is 1. The van der Waals surface area contributed by atoms with Crippen LogP contribution in [0.25, 0.3) is 17.1 Å². The third-order valence-electron chi connectivity index (χ3n) is 4.67. The van der Waals surface area contributed by atoms with E-state index in [2.05, 4.69) is 20.7 Å². The lowest BCUT2D eigenvalue weighted by molar-refractivity contribution is -0.118. The molecule has 0 unspecified atom stereocenters. The van der Waals surface area contributed by atoms with Gasteiger partial charge in [0.25, 0.3) is 5.91 Å². The lowest BCUT2D eigenvalue weighted by atomic mass is 10.2. The van der Waals surface area contributed by atoms with E-state index in [-0.39, 0.29) is 17.4 Å². The number of carbonyl (C=O) groups is 1. The first-order valence-corrected chi connectivity index (χ1v) is 11.5. The van der Waals surface area contributed by atoms with Gasteiger partial charge in [0.2, 0.25) is 0 Å². The molecule has 4 aromatic rings. The lowest BCUT2D eigenvalue weighted by Crippen LogP contribution is -2.20. The molecular weight excluding hydrogens is 474 g/mol. The average Bonchev–Trinajstić information content (AvgIpc) is 3.27. The molecule has 0 spiro atoms. The lowest BCUT2D eigenvalue weighted by Gasteiger charge is -2.11. The van der Waals surface area contributed by atoms with Crippen molar-refractivity contribution in [3.8, 4) is 28.6 Å². The van der Waals surface area contributed by atoms with Crippen LogP contribution in [-0.2, 0) is 4.79 Å². The Labute approximate surface area is 205 Å². The van der Waals surface area contributed by atoms with Gasteiger partial charge in [-0.1, -0.05) is 35.5 Å². The minimum atomic E-state index is -0.307. The summed E-state index contributed by atoms with van der Waals surface area (Å²) in [6.07, 6.45) is 1.46. The Balaban J connectivity index is 1.52. The Morgan fingerprint density at radius 1 is 1.15 bits per heavy atom. The van der Waals surface area contributed by atoms with Crippen molar-refractivity contribution in [1.82, 2.24) is 20.2 Å². The number of hydrazone groups is 1. The van der Waals surface area contributed by atoms with Crippen molar-refractivity contribution >= 4 is 35.5 Å². The highest BCUT2D eigenvalue weighted by atomic mass is 35.5. The maximum atomic E-state index is 12.3. The van der Waals surface area contributed by atoms with Crippen LogP contribution in [-0.4, -0.2) is 44.9 Å². The summed E-state index contributed by atoms with van der Waals surface area (Å²) in [6.45, 7) is 0. The first-order valence-electron chi connectivity index (χ1n) is 10.1. The summed E-state index contributed by atoms with van der Waals surface area (Å²) in [5, 5.41) is 23.3. The summed E-state index contributed by atoms with van der Waals surface area (Å²) >= 11 is 7.30. The highest BCUT2D eigenvalue weighted by molar-refractivity contribution is 7.99. The van der Waals surface area contributed by atoms with Crippen LogP contribution in [0, 0.1) is 0 Å². The van der Waals surface area contributed by atoms with Crippen LogP contribution < -0.4 is 10.2 Å². The summed E-state index contributed by atoms with van der Waals surface area (Å²) in [6, 6.07) is 21.3. The van der Waals surface area contributed by atoms with E-state index >= 15 is 0 Å². The minimum Gasteiger partial charge on any atom is -0.508 e. The van der Waals surface area contributed by atoms with Gasteiger partial charge < -0.3 is 9.84 Å². The largest absolute Gasteiger partial charge is 0.508 e. The molecule has 34 heavy (non-hydrogen) atoms. The summed E-state index contributed by atoms with van der Waals surface area (Å²) < 4.78 is 7.11. The van der Waals surface area contributed by atoms with Crippen LogP contribution in [0.15, 0.2) is 83.1 Å². The molecule has 0 aliphatic heterocycles. The molecule has 0 radical (unpaired) electrons. The van der Waals surface area contributed by atoms with Crippen molar-refractivity contribution in [1.29, 1.82) is 0 Å². The second-order valence-corrected chi connectivity index (χ2v) is 8.40. The number of benzene rings is 3. The molecule has 0 aliphatic rings. The quantitative estimate of drug-likeness (QED) is 0.212. The Hall–Kier alpha value is -3.82. The number of halogens is 1. The fourth-order valence-corrected chi connectivity index (χ4v) is 3.93. The number of ether oxygens (including phenoxy) is 1. The molecule has 3 aromatic carbocycles. The van der Waals surface area contributed by atoms with Crippen LogP contribution in [0.2, 0.25) is 5.02 Å². The van der Waals surface area contributed by atoms with Crippen molar-refractivity contribution < 1.29 is 14.6 Å². The van der Waals surface area contributed by atoms with Gasteiger partial charge in [0.1, 0.15) is 11.5 Å². The number of carbonyl (C=O) groups excluding carboxylic acids is 1. The SMILES string of the molecule is COc1ccc(-c2nnc(SCC(=O)N/N=C/c3cccc(O)c3)n2-c2ccc(Cl)cc2)cc1. The van der Waals surface area contributed by atoms with Gasteiger partial charge in [0.15, 0.2) is 11.0 Å². The van der Waals surface area contributed by atoms with Gasteiger partial charge in [0.05, 0.1) is 19.1 Å². The number of phenols is 1. The molecule has 0 bridgehead atoms. The molecule has 1 aromatic heterocycles. The number of amides is 1. The number of aromatic nitrogens is 3. The van der Waals surface area contributed by atoms with Gasteiger partial charge in [0, 0.05) is 16.3 Å². The molecule has 0 saturated carbocycles. The smallest absolute Gasteiger partial charge is 0.250 e. The molecule has 2 N–H and O–H groups in total. The zero-order valence-corrected chi connectivity index (χ0v) is 19.6. The Bertz CT molecular complexity index is 1310. The Morgan fingerprint density at radius 3 is 2.62 bits per heavy atom. The van der Waals surface area contributed by atoms with Gasteiger partial charge in [-0.3, -0.25) is 9.36 Å². The summed E-state index contributed by atoms with van der Waals surface area (Å²) in [7, 11) is 1.61. The number of phenolic OH excluding ortho intramolecular Hbond substituents is 1. The number of thioether (sulfide) groups is 1. The van der Waals surface area contributed by atoms with Gasteiger partial charge in [-0.2, -0.15) is 5.10 Å². The van der Waals surface area contributed by atoms with E-state index in [0.29, 0.717) is 21.6 Å². The maximum Gasteiger partial charge on any atom is 0.250 e. The van der Waals surface area contributed by atoms with E-state index < -0.39 is 0 Å². The third-order valence-corrected chi connectivity index (χ3v) is 5.85. The third kappa shape index (κ3) is 5.75. The number of nitrogens with zero attached hydrogens (tertiary/aromatic N) is 4. The van der Waals surface area contributed by atoms with Gasteiger partial charge in [-0.25, -0.2) is 5.43 Å². The zero-order chi connectivity index (χ0) is 23.9.